The number of aromatic nitrogens is 3. The molecule has 2 aliphatic heterocycles. The minimum Gasteiger partial charge on any atom is -0.378 e. The average molecular weight is 412 g/mol. The van der Waals surface area contributed by atoms with Gasteiger partial charge in [-0.2, -0.15) is 4.98 Å². The second-order valence-corrected chi connectivity index (χ2v) is 8.19. The highest BCUT2D eigenvalue weighted by Gasteiger charge is 2.30. The van der Waals surface area contributed by atoms with Crippen molar-refractivity contribution in [3.8, 4) is 0 Å². The predicted molar refractivity (Wildman–Crippen MR) is 111 cm³/mol. The second kappa shape index (κ2) is 8.22. The van der Waals surface area contributed by atoms with Gasteiger partial charge in [-0.05, 0) is 26.2 Å². The summed E-state index contributed by atoms with van der Waals surface area (Å²) in [5.74, 6) is 2.57. The average Bonchev–Trinajstić information content (AvgIpc) is 3.23. The quantitative estimate of drug-likeness (QED) is 0.749. The summed E-state index contributed by atoms with van der Waals surface area (Å²) in [6, 6.07) is 2.03. The summed E-state index contributed by atoms with van der Waals surface area (Å²) in [5.41, 5.74) is 2.49. The highest BCUT2D eigenvalue weighted by molar-refractivity contribution is 5.94. The highest BCUT2D eigenvalue weighted by atomic mass is 16.5. The fourth-order valence-corrected chi connectivity index (χ4v) is 4.44. The summed E-state index contributed by atoms with van der Waals surface area (Å²) in [6.07, 6.45) is 3.98. The Hall–Kier alpha value is -2.68. The van der Waals surface area contributed by atoms with Crippen LogP contribution >= 0.6 is 0 Å². The lowest BCUT2D eigenvalue weighted by molar-refractivity contribution is 0.0734. The molecule has 0 radical (unpaired) electrons. The Morgan fingerprint density at radius 1 is 0.967 bits per heavy atom. The second-order valence-electron chi connectivity index (χ2n) is 8.19. The van der Waals surface area contributed by atoms with Gasteiger partial charge >= 0.3 is 0 Å². The van der Waals surface area contributed by atoms with E-state index in [9.17, 15) is 4.79 Å². The van der Waals surface area contributed by atoms with Crippen LogP contribution < -0.4 is 9.80 Å². The van der Waals surface area contributed by atoms with E-state index in [4.69, 9.17) is 14.2 Å². The van der Waals surface area contributed by atoms with Crippen LogP contribution in [0.1, 0.15) is 40.3 Å². The van der Waals surface area contributed by atoms with Crippen LogP contribution in [0.15, 0.2) is 10.6 Å². The maximum Gasteiger partial charge on any atom is 0.276 e. The van der Waals surface area contributed by atoms with Gasteiger partial charge in [-0.1, -0.05) is 5.16 Å². The van der Waals surface area contributed by atoms with E-state index in [1.54, 1.807) is 0 Å². The fourth-order valence-electron chi connectivity index (χ4n) is 4.44. The molecule has 1 aliphatic carbocycles. The number of hydrogen-bond acceptors (Lipinski definition) is 8. The largest absolute Gasteiger partial charge is 0.378 e. The molecule has 9 heteroatoms. The summed E-state index contributed by atoms with van der Waals surface area (Å²) in [4.78, 5) is 28.8. The molecule has 2 saturated heterocycles. The van der Waals surface area contributed by atoms with Crippen LogP contribution in [0.3, 0.4) is 0 Å². The number of ether oxygens (including phenoxy) is 1. The lowest BCUT2D eigenvalue weighted by Crippen LogP contribution is -2.49. The molecule has 3 aliphatic rings. The summed E-state index contributed by atoms with van der Waals surface area (Å²) < 4.78 is 10.9. The van der Waals surface area contributed by atoms with E-state index < -0.39 is 0 Å². The Morgan fingerprint density at radius 2 is 1.73 bits per heavy atom. The van der Waals surface area contributed by atoms with Crippen molar-refractivity contribution in [3.63, 3.8) is 0 Å². The number of anilines is 2. The third-order valence-electron chi connectivity index (χ3n) is 6.17. The first kappa shape index (κ1) is 19.3. The molecule has 30 heavy (non-hydrogen) atoms. The van der Waals surface area contributed by atoms with Gasteiger partial charge in [0.1, 0.15) is 11.6 Å². The van der Waals surface area contributed by atoms with E-state index in [1.807, 2.05) is 17.9 Å². The molecule has 9 nitrogen and oxygen atoms in total. The number of piperazine rings is 1. The molecule has 2 fully saturated rings. The molecule has 0 unspecified atom stereocenters. The number of rotatable bonds is 3. The van der Waals surface area contributed by atoms with Gasteiger partial charge in [0, 0.05) is 63.0 Å². The molecule has 4 heterocycles. The first-order valence-corrected chi connectivity index (χ1v) is 10.9. The number of morpholine rings is 1. The Labute approximate surface area is 176 Å². The number of carbonyl (C=O) groups excluding carboxylic acids is 1. The predicted octanol–water partition coefficient (Wildman–Crippen LogP) is 1.45. The number of aryl methyl sites for hydroxylation is 2. The van der Waals surface area contributed by atoms with Gasteiger partial charge in [0.25, 0.3) is 5.91 Å². The maximum atomic E-state index is 13.0. The Kier molecular flexibility index (Phi) is 5.28. The van der Waals surface area contributed by atoms with E-state index in [-0.39, 0.29) is 5.91 Å². The maximum absolute atomic E-state index is 13.0. The molecule has 1 amide bonds. The highest BCUT2D eigenvalue weighted by Crippen LogP contribution is 2.26. The van der Waals surface area contributed by atoms with Gasteiger partial charge in [-0.3, -0.25) is 4.79 Å². The van der Waals surface area contributed by atoms with Gasteiger partial charge < -0.3 is 24.0 Å². The van der Waals surface area contributed by atoms with Crippen molar-refractivity contribution >= 4 is 17.7 Å². The summed E-state index contributed by atoms with van der Waals surface area (Å²) >= 11 is 0. The minimum absolute atomic E-state index is 0.0132. The number of amides is 1. The Balaban J connectivity index is 1.26. The van der Waals surface area contributed by atoms with Gasteiger partial charge in [-0.25, -0.2) is 4.98 Å². The number of fused-ring (bicyclic) bond motifs is 1. The van der Waals surface area contributed by atoms with E-state index >= 15 is 0 Å². The SMILES string of the molecule is Cc1cc(N2CCOCC2)nc(N2CCN(C(=O)c3noc4c3CCCC4)CC2)n1. The van der Waals surface area contributed by atoms with Crippen LogP contribution in [0.5, 0.6) is 0 Å². The summed E-state index contributed by atoms with van der Waals surface area (Å²) in [5, 5.41) is 4.10. The van der Waals surface area contributed by atoms with Gasteiger partial charge in [0.15, 0.2) is 5.69 Å². The molecule has 0 spiro atoms. The first-order valence-electron chi connectivity index (χ1n) is 10.9. The number of carbonyl (C=O) groups is 1. The van der Waals surface area contributed by atoms with Crippen LogP contribution in [-0.4, -0.2) is 78.4 Å². The zero-order chi connectivity index (χ0) is 20.5. The van der Waals surface area contributed by atoms with Crippen LogP contribution in [0.4, 0.5) is 11.8 Å². The summed E-state index contributed by atoms with van der Waals surface area (Å²) in [6.45, 7) is 7.82. The van der Waals surface area contributed by atoms with Crippen molar-refractivity contribution in [1.82, 2.24) is 20.0 Å². The minimum atomic E-state index is -0.0132. The third-order valence-corrected chi connectivity index (χ3v) is 6.17. The van der Waals surface area contributed by atoms with Crippen molar-refractivity contribution < 1.29 is 14.1 Å². The van der Waals surface area contributed by atoms with Crippen molar-refractivity contribution in [2.75, 3.05) is 62.3 Å². The molecule has 0 bridgehead atoms. The molecule has 5 rings (SSSR count). The lowest BCUT2D eigenvalue weighted by Gasteiger charge is -2.35. The molecule has 0 N–H and O–H groups in total. The van der Waals surface area contributed by atoms with Crippen LogP contribution in [0.25, 0.3) is 0 Å². The van der Waals surface area contributed by atoms with Crippen molar-refractivity contribution in [2.45, 2.75) is 32.6 Å². The van der Waals surface area contributed by atoms with Crippen LogP contribution in [0.2, 0.25) is 0 Å². The topological polar surface area (TPSA) is 87.8 Å². The molecule has 2 aromatic rings. The first-order chi connectivity index (χ1) is 14.7. The molecule has 0 atom stereocenters. The fraction of sp³-hybridized carbons (Fsp3) is 0.619. The van der Waals surface area contributed by atoms with Gasteiger partial charge in [0.05, 0.1) is 13.2 Å². The number of hydrogen-bond donors (Lipinski definition) is 0. The molecule has 2 aromatic heterocycles. The Morgan fingerprint density at radius 3 is 2.53 bits per heavy atom. The van der Waals surface area contributed by atoms with Crippen LogP contribution in [0, 0.1) is 6.92 Å². The molecular formula is C21H28N6O3. The van der Waals surface area contributed by atoms with E-state index in [1.165, 1.54) is 0 Å². The molecule has 160 valence electrons. The van der Waals surface area contributed by atoms with E-state index in [2.05, 4.69) is 19.9 Å². The molecular weight excluding hydrogens is 384 g/mol. The van der Waals surface area contributed by atoms with Gasteiger partial charge in [-0.15, -0.1) is 0 Å². The monoisotopic (exact) mass is 412 g/mol. The standard InChI is InChI=1S/C21H28N6O3/c1-15-14-18(25-10-12-29-13-11-25)23-21(22-15)27-8-6-26(7-9-27)20(28)19-16-4-2-3-5-17(16)30-24-19/h14H,2-13H2,1H3. The Bertz CT molecular complexity index is 915. The van der Waals surface area contributed by atoms with E-state index in [0.717, 1.165) is 80.8 Å². The van der Waals surface area contributed by atoms with Gasteiger partial charge in [0.2, 0.25) is 5.95 Å². The molecule has 0 aromatic carbocycles. The van der Waals surface area contributed by atoms with Crippen molar-refractivity contribution in [1.29, 1.82) is 0 Å². The van der Waals surface area contributed by atoms with Crippen molar-refractivity contribution in [2.24, 2.45) is 0 Å². The zero-order valence-corrected chi connectivity index (χ0v) is 17.5. The zero-order valence-electron chi connectivity index (χ0n) is 17.5. The smallest absolute Gasteiger partial charge is 0.276 e. The lowest BCUT2D eigenvalue weighted by atomic mass is 9.96. The molecule has 0 saturated carbocycles. The number of nitrogens with zero attached hydrogens (tertiary/aromatic N) is 6. The summed E-state index contributed by atoms with van der Waals surface area (Å²) in [7, 11) is 0. The van der Waals surface area contributed by atoms with E-state index in [0.29, 0.717) is 31.9 Å². The van der Waals surface area contributed by atoms with Crippen LogP contribution in [-0.2, 0) is 17.6 Å². The normalized spacial score (nSPS) is 19.7. The third kappa shape index (κ3) is 3.74. The van der Waals surface area contributed by atoms with Crippen molar-refractivity contribution in [3.05, 3.63) is 28.8 Å².